The Kier molecular flexibility index (Phi) is 2.81. The lowest BCUT2D eigenvalue weighted by Gasteiger charge is -2.19. The summed E-state index contributed by atoms with van der Waals surface area (Å²) in [4.78, 5) is 19.5. The fourth-order valence-electron chi connectivity index (χ4n) is 2.65. The average molecular weight is 261 g/mol. The molecule has 1 aliphatic rings. The van der Waals surface area contributed by atoms with Crippen LogP contribution in [0.5, 0.6) is 0 Å². The summed E-state index contributed by atoms with van der Waals surface area (Å²) in [5, 5.41) is 16.6. The van der Waals surface area contributed by atoms with Crippen molar-refractivity contribution in [2.45, 2.75) is 32.2 Å². The first-order valence-electron chi connectivity index (χ1n) is 6.32. The number of nitrogens with one attached hydrogen (secondary N) is 1. The van der Waals surface area contributed by atoms with E-state index in [-0.39, 0.29) is 12.0 Å². The summed E-state index contributed by atoms with van der Waals surface area (Å²) in [6.07, 6.45) is 3.95. The summed E-state index contributed by atoms with van der Waals surface area (Å²) in [6, 6.07) is 1.80. The smallest absolute Gasteiger partial charge is 0.308 e. The maximum Gasteiger partial charge on any atom is 0.308 e. The van der Waals surface area contributed by atoms with Gasteiger partial charge in [-0.15, -0.1) is 0 Å². The van der Waals surface area contributed by atoms with Crippen LogP contribution in [0.2, 0.25) is 0 Å². The van der Waals surface area contributed by atoms with E-state index in [2.05, 4.69) is 20.4 Å². The summed E-state index contributed by atoms with van der Waals surface area (Å²) in [5.41, 5.74) is 0.827. The van der Waals surface area contributed by atoms with Gasteiger partial charge in [-0.1, -0.05) is 6.42 Å². The number of aryl methyl sites for hydroxylation is 1. The minimum Gasteiger partial charge on any atom is -0.481 e. The molecule has 2 heterocycles. The lowest BCUT2D eigenvalue weighted by atomic mass is 10.0. The fraction of sp³-hybridized carbons (Fsp3) is 0.500. The number of rotatable bonds is 3. The van der Waals surface area contributed by atoms with Gasteiger partial charge in [0.2, 0.25) is 0 Å². The van der Waals surface area contributed by atoms with E-state index in [1.807, 2.05) is 13.0 Å². The number of nitrogens with zero attached hydrogens (tertiary/aromatic N) is 4. The molecular formula is C12H15N5O2. The lowest BCUT2D eigenvalue weighted by Crippen LogP contribution is -2.30. The van der Waals surface area contributed by atoms with Crippen LogP contribution in [0.1, 0.15) is 25.0 Å². The normalized spacial score (nSPS) is 22.8. The van der Waals surface area contributed by atoms with Crippen molar-refractivity contribution in [1.82, 2.24) is 19.6 Å². The van der Waals surface area contributed by atoms with E-state index >= 15 is 0 Å². The van der Waals surface area contributed by atoms with E-state index in [0.717, 1.165) is 30.8 Å². The highest BCUT2D eigenvalue weighted by Crippen LogP contribution is 2.28. The first-order chi connectivity index (χ1) is 9.15. The molecule has 2 aromatic heterocycles. The monoisotopic (exact) mass is 261 g/mol. The van der Waals surface area contributed by atoms with E-state index in [9.17, 15) is 9.90 Å². The third-order valence-corrected chi connectivity index (χ3v) is 3.55. The molecule has 0 bridgehead atoms. The van der Waals surface area contributed by atoms with Crippen LogP contribution >= 0.6 is 0 Å². The SMILES string of the molecule is Cc1cc(NC2CCCC2C(=O)O)n2ncnc2n1. The van der Waals surface area contributed by atoms with Gasteiger partial charge in [-0.3, -0.25) is 4.79 Å². The first-order valence-corrected chi connectivity index (χ1v) is 6.32. The molecule has 0 amide bonds. The van der Waals surface area contributed by atoms with Gasteiger partial charge in [0.25, 0.3) is 5.78 Å². The number of carbonyl (C=O) groups is 1. The highest BCUT2D eigenvalue weighted by Gasteiger charge is 2.33. The maximum absolute atomic E-state index is 11.2. The van der Waals surface area contributed by atoms with Crippen LogP contribution < -0.4 is 5.32 Å². The summed E-state index contributed by atoms with van der Waals surface area (Å²) < 4.78 is 1.60. The van der Waals surface area contributed by atoms with Crippen molar-refractivity contribution >= 4 is 17.6 Å². The van der Waals surface area contributed by atoms with Crippen LogP contribution in [0.25, 0.3) is 5.78 Å². The first kappa shape index (κ1) is 11.9. The molecule has 1 aliphatic carbocycles. The predicted molar refractivity (Wildman–Crippen MR) is 67.9 cm³/mol. The van der Waals surface area contributed by atoms with Crippen LogP contribution in [0.15, 0.2) is 12.4 Å². The molecule has 1 saturated carbocycles. The van der Waals surface area contributed by atoms with Gasteiger partial charge in [0, 0.05) is 17.8 Å². The van der Waals surface area contributed by atoms with Crippen LogP contribution in [0.3, 0.4) is 0 Å². The van der Waals surface area contributed by atoms with Crippen LogP contribution in [0, 0.1) is 12.8 Å². The molecule has 0 aliphatic heterocycles. The number of anilines is 1. The number of carboxylic acids is 1. The molecule has 7 heteroatoms. The van der Waals surface area contributed by atoms with E-state index in [0.29, 0.717) is 5.78 Å². The molecular weight excluding hydrogens is 246 g/mol. The van der Waals surface area contributed by atoms with Gasteiger partial charge in [0.1, 0.15) is 12.1 Å². The molecule has 100 valence electrons. The fourth-order valence-corrected chi connectivity index (χ4v) is 2.65. The molecule has 7 nitrogen and oxygen atoms in total. The Morgan fingerprint density at radius 2 is 2.37 bits per heavy atom. The zero-order valence-electron chi connectivity index (χ0n) is 10.6. The van der Waals surface area contributed by atoms with Crippen molar-refractivity contribution in [2.24, 2.45) is 5.92 Å². The molecule has 0 saturated heterocycles. The summed E-state index contributed by atoms with van der Waals surface area (Å²) in [7, 11) is 0. The summed E-state index contributed by atoms with van der Waals surface area (Å²) in [6.45, 7) is 1.88. The molecule has 0 aromatic carbocycles. The van der Waals surface area contributed by atoms with Gasteiger partial charge in [-0.2, -0.15) is 14.6 Å². The van der Waals surface area contributed by atoms with Crippen molar-refractivity contribution in [3.8, 4) is 0 Å². The number of carboxylic acid groups (broad SMARTS) is 1. The Morgan fingerprint density at radius 1 is 1.53 bits per heavy atom. The molecule has 0 radical (unpaired) electrons. The van der Waals surface area contributed by atoms with E-state index in [4.69, 9.17) is 0 Å². The molecule has 2 aromatic rings. The Labute approximate surface area is 109 Å². The molecule has 2 atom stereocenters. The topological polar surface area (TPSA) is 92.4 Å². The van der Waals surface area contributed by atoms with Crippen LogP contribution in [-0.2, 0) is 4.79 Å². The van der Waals surface area contributed by atoms with Crippen molar-refractivity contribution in [1.29, 1.82) is 0 Å². The number of fused-ring (bicyclic) bond motifs is 1. The second kappa shape index (κ2) is 4.49. The van der Waals surface area contributed by atoms with E-state index in [1.54, 1.807) is 4.52 Å². The average Bonchev–Trinajstić information content (AvgIpc) is 2.96. The maximum atomic E-state index is 11.2. The summed E-state index contributed by atoms with van der Waals surface area (Å²) in [5.74, 6) is 0.188. The van der Waals surface area contributed by atoms with Gasteiger partial charge < -0.3 is 10.4 Å². The Bertz CT molecular complexity index is 624. The minimum absolute atomic E-state index is 0.0632. The second-order valence-electron chi connectivity index (χ2n) is 4.88. The Balaban J connectivity index is 1.92. The van der Waals surface area contributed by atoms with Gasteiger partial charge in [-0.05, 0) is 19.8 Å². The van der Waals surface area contributed by atoms with Crippen molar-refractivity contribution < 1.29 is 9.90 Å². The van der Waals surface area contributed by atoms with Crippen LogP contribution in [-0.4, -0.2) is 36.7 Å². The standard InChI is InChI=1S/C12H15N5O2/c1-7-5-10(17-12(15-7)13-6-14-17)16-9-4-2-3-8(9)11(18)19/h5-6,8-9,16H,2-4H2,1H3,(H,18,19). The van der Waals surface area contributed by atoms with Gasteiger partial charge in [0.15, 0.2) is 0 Å². The zero-order valence-corrected chi connectivity index (χ0v) is 10.6. The molecule has 2 N–H and O–H groups in total. The van der Waals surface area contributed by atoms with Crippen molar-refractivity contribution in [3.05, 3.63) is 18.1 Å². The van der Waals surface area contributed by atoms with Crippen molar-refractivity contribution in [3.63, 3.8) is 0 Å². The highest BCUT2D eigenvalue weighted by molar-refractivity contribution is 5.72. The second-order valence-corrected chi connectivity index (χ2v) is 4.88. The Hall–Kier alpha value is -2.18. The van der Waals surface area contributed by atoms with Gasteiger partial charge in [-0.25, -0.2) is 4.98 Å². The summed E-state index contributed by atoms with van der Waals surface area (Å²) >= 11 is 0. The van der Waals surface area contributed by atoms with Gasteiger partial charge >= 0.3 is 5.97 Å². The quantitative estimate of drug-likeness (QED) is 0.859. The highest BCUT2D eigenvalue weighted by atomic mass is 16.4. The molecule has 1 fully saturated rings. The third-order valence-electron chi connectivity index (χ3n) is 3.55. The van der Waals surface area contributed by atoms with Gasteiger partial charge in [0.05, 0.1) is 5.92 Å². The molecule has 19 heavy (non-hydrogen) atoms. The van der Waals surface area contributed by atoms with E-state index < -0.39 is 5.97 Å². The Morgan fingerprint density at radius 3 is 3.16 bits per heavy atom. The van der Waals surface area contributed by atoms with Crippen LogP contribution in [0.4, 0.5) is 5.82 Å². The largest absolute Gasteiger partial charge is 0.481 e. The molecule has 2 unspecified atom stereocenters. The number of hydrogen-bond donors (Lipinski definition) is 2. The number of hydrogen-bond acceptors (Lipinski definition) is 5. The number of aromatic nitrogens is 4. The minimum atomic E-state index is -0.740. The van der Waals surface area contributed by atoms with E-state index in [1.165, 1.54) is 6.33 Å². The third kappa shape index (κ3) is 2.11. The molecule has 0 spiro atoms. The predicted octanol–water partition coefficient (Wildman–Crippen LogP) is 1.10. The number of aliphatic carboxylic acids is 1. The lowest BCUT2D eigenvalue weighted by molar-refractivity contribution is -0.141. The van der Waals surface area contributed by atoms with Crippen molar-refractivity contribution in [2.75, 3.05) is 5.32 Å². The molecule has 3 rings (SSSR count). The zero-order chi connectivity index (χ0) is 13.4.